The number of hydrogen-bond acceptors (Lipinski definition) is 16. The molecule has 4 N–H and O–H groups in total. The highest BCUT2D eigenvalue weighted by Crippen LogP contribution is 2.32. The van der Waals surface area contributed by atoms with Gasteiger partial charge in [0.2, 0.25) is 11.8 Å². The van der Waals surface area contributed by atoms with E-state index in [1.807, 2.05) is 121 Å². The lowest BCUT2D eigenvalue weighted by Gasteiger charge is -2.11. The topological polar surface area (TPSA) is 220 Å². The molecule has 0 atom stereocenters. The van der Waals surface area contributed by atoms with Crippen LogP contribution in [0.3, 0.4) is 0 Å². The first kappa shape index (κ1) is 52.4. The Morgan fingerprint density at radius 3 is 1.41 bits per heavy atom. The normalized spacial score (nSPS) is 11.3. The molecule has 0 aliphatic carbocycles. The molecule has 4 aromatic rings. The number of aryl methyl sites for hydroxylation is 4. The lowest BCUT2D eigenvalue weighted by Crippen LogP contribution is -2.25. The smallest absolute Gasteiger partial charge is 0.382 e. The number of carbonyl (C=O) groups excluding carboxylic acids is 2. The molecule has 2 heterocycles. The van der Waals surface area contributed by atoms with Crippen LogP contribution in [0.5, 0.6) is 0 Å². The van der Waals surface area contributed by atoms with E-state index in [1.54, 1.807) is 21.6 Å². The molecule has 0 aliphatic heterocycles. The molecule has 336 valence electrons. The van der Waals surface area contributed by atoms with Gasteiger partial charge in [-0.05, 0) is 36.4 Å². The first-order chi connectivity index (χ1) is 29.1. The van der Waals surface area contributed by atoms with Crippen LogP contribution in [-0.4, -0.2) is 88.3 Å². The van der Waals surface area contributed by atoms with Gasteiger partial charge in [-0.1, -0.05) is 45.7 Å². The van der Waals surface area contributed by atoms with Crippen LogP contribution in [0.25, 0.3) is 0 Å². The molecule has 0 radical (unpaired) electrons. The van der Waals surface area contributed by atoms with Crippen molar-refractivity contribution in [3.63, 3.8) is 0 Å². The molecule has 61 heavy (non-hydrogen) atoms. The van der Waals surface area contributed by atoms with E-state index in [9.17, 15) is 18.0 Å². The molecule has 0 fully saturated rings. The summed E-state index contributed by atoms with van der Waals surface area (Å²) in [4.78, 5) is 23.9. The highest BCUT2D eigenvalue weighted by Gasteiger charge is 2.14. The number of carbonyl (C=O) groups is 2. The van der Waals surface area contributed by atoms with Gasteiger partial charge in [0.05, 0.1) is 92.8 Å². The predicted molar refractivity (Wildman–Crippen MR) is 246 cm³/mol. The van der Waals surface area contributed by atoms with E-state index in [2.05, 4.69) is 64.3 Å². The van der Waals surface area contributed by atoms with Gasteiger partial charge in [0.15, 0.2) is 10.1 Å². The van der Waals surface area contributed by atoms with Crippen molar-refractivity contribution in [1.29, 1.82) is 0 Å². The molecule has 2 aromatic heterocycles. The fourth-order valence-corrected chi connectivity index (χ4v) is 6.62. The lowest BCUT2D eigenvalue weighted by atomic mass is 10.2. The summed E-state index contributed by atoms with van der Waals surface area (Å²) >= 11 is -1.53. The van der Waals surface area contributed by atoms with Gasteiger partial charge in [-0.15, -0.1) is 0 Å². The van der Waals surface area contributed by atoms with Gasteiger partial charge >= 0.3 is 23.3 Å². The number of benzene rings is 2. The Kier molecular flexibility index (Phi) is 24.1. The van der Waals surface area contributed by atoms with Gasteiger partial charge in [0.25, 0.3) is 0 Å². The predicted octanol–water partition coefficient (Wildman–Crippen LogP) is 6.13. The van der Waals surface area contributed by atoms with Gasteiger partial charge in [-0.2, -0.15) is 4.21 Å². The molecular weight excluding hydrogens is 869 g/mol. The fraction of sp³-hybridized carbons (Fsp3) is 0.432. The van der Waals surface area contributed by atoms with Gasteiger partial charge in [0.1, 0.15) is 11.4 Å². The summed E-state index contributed by atoms with van der Waals surface area (Å²) in [6, 6.07) is 11.2. The van der Waals surface area contributed by atoms with Gasteiger partial charge in [0, 0.05) is 64.9 Å². The minimum atomic E-state index is -2.66. The Labute approximate surface area is 369 Å². The van der Waals surface area contributed by atoms with Gasteiger partial charge < -0.3 is 21.3 Å². The van der Waals surface area contributed by atoms with Crippen LogP contribution >= 0.6 is 21.6 Å². The number of aromatic nitrogens is 4. The van der Waals surface area contributed by atoms with Crippen LogP contribution in [0, 0.1) is 0 Å². The molecular formula is C37H58N12O8S4+2. The van der Waals surface area contributed by atoms with Crippen LogP contribution in [-0.2, 0) is 76.0 Å². The largest absolute Gasteiger partial charge is 0.421 e. The highest BCUT2D eigenvalue weighted by molar-refractivity contribution is 8.76. The summed E-state index contributed by atoms with van der Waals surface area (Å²) in [6.45, 7) is 5.07. The van der Waals surface area contributed by atoms with Crippen molar-refractivity contribution in [3.05, 3.63) is 61.2 Å². The highest BCUT2D eigenvalue weighted by atomic mass is 33.1. The number of nitrogens with zero attached hydrogens (tertiary/aromatic N) is 8. The van der Waals surface area contributed by atoms with Crippen molar-refractivity contribution in [3.8, 4) is 0 Å². The zero-order valence-corrected chi connectivity index (χ0v) is 39.5. The molecule has 2 aromatic carbocycles. The van der Waals surface area contributed by atoms with E-state index < -0.39 is 21.4 Å². The Hall–Kier alpha value is -4.69. The summed E-state index contributed by atoms with van der Waals surface area (Å²) in [7, 11) is 13.7. The Balaban J connectivity index is 0.000000853. The van der Waals surface area contributed by atoms with Crippen molar-refractivity contribution in [2.24, 2.45) is 48.6 Å². The minimum absolute atomic E-state index is 0.0604. The fourth-order valence-electron chi connectivity index (χ4n) is 4.53. The van der Waals surface area contributed by atoms with E-state index in [0.29, 0.717) is 47.5 Å². The third-order valence-corrected chi connectivity index (χ3v) is 11.8. The molecule has 0 spiro atoms. The number of nitrogens with one attached hydrogen (secondary N) is 4. The van der Waals surface area contributed by atoms with Crippen molar-refractivity contribution in [2.45, 2.75) is 26.7 Å². The second-order valence-corrected chi connectivity index (χ2v) is 17.8. The zero-order valence-electron chi connectivity index (χ0n) is 36.2. The molecule has 0 unspecified atom stereocenters. The van der Waals surface area contributed by atoms with Crippen LogP contribution in [0.4, 0.5) is 46.0 Å². The molecule has 0 saturated carbocycles. The quantitative estimate of drug-likeness (QED) is 0.0244. The van der Waals surface area contributed by atoms with Crippen molar-refractivity contribution in [1.82, 2.24) is 9.13 Å². The van der Waals surface area contributed by atoms with Crippen LogP contribution < -0.4 is 30.4 Å². The third kappa shape index (κ3) is 19.3. The molecule has 4 rings (SSSR count). The van der Waals surface area contributed by atoms with E-state index in [4.69, 9.17) is 0 Å². The SMILES string of the molecule is C=S(=O)(OC)OC.CCC(=O)Nc1ccc(NCCSSCCNc2ccc(NC(=O)CC)cc2N=Nc2n(C)cc[n+]2C)c(N=Nc2n(C)cc[n+]2C)c1.COS(=O)OC. The van der Waals surface area contributed by atoms with Crippen molar-refractivity contribution >= 4 is 107 Å². The summed E-state index contributed by atoms with van der Waals surface area (Å²) in [5, 5.41) is 30.6. The minimum Gasteiger partial charge on any atom is -0.382 e. The maximum absolute atomic E-state index is 12.0. The van der Waals surface area contributed by atoms with E-state index in [1.165, 1.54) is 28.4 Å². The average Bonchev–Trinajstić information content (AvgIpc) is 3.77. The van der Waals surface area contributed by atoms with E-state index in [0.717, 1.165) is 36.0 Å². The molecule has 0 bridgehead atoms. The van der Waals surface area contributed by atoms with Crippen molar-refractivity contribution < 1.29 is 43.9 Å². The Morgan fingerprint density at radius 1 is 0.738 bits per heavy atom. The number of amides is 2. The van der Waals surface area contributed by atoms with E-state index >= 15 is 0 Å². The van der Waals surface area contributed by atoms with Gasteiger partial charge in [-0.25, -0.2) is 22.5 Å². The molecule has 0 saturated heterocycles. The maximum atomic E-state index is 12.0. The summed E-state index contributed by atoms with van der Waals surface area (Å²) in [6.07, 6.45) is 8.44. The monoisotopic (exact) mass is 926 g/mol. The Bertz CT molecular complexity index is 2010. The molecule has 0 aliphatic rings. The van der Waals surface area contributed by atoms with Crippen LogP contribution in [0.2, 0.25) is 0 Å². The summed E-state index contributed by atoms with van der Waals surface area (Å²) in [5.74, 6) is 6.09. The molecule has 2 amide bonds. The molecule has 24 heteroatoms. The Morgan fingerprint density at radius 2 is 1.13 bits per heavy atom. The lowest BCUT2D eigenvalue weighted by molar-refractivity contribution is -0.657. The summed E-state index contributed by atoms with van der Waals surface area (Å²) in [5.41, 5.74) is 4.30. The first-order valence-electron chi connectivity index (χ1n) is 18.6. The number of imidazole rings is 2. The number of rotatable bonds is 21. The van der Waals surface area contributed by atoms with Crippen molar-refractivity contribution in [2.75, 3.05) is 74.3 Å². The number of azo groups is 2. The first-order valence-corrected chi connectivity index (χ1v) is 23.6. The summed E-state index contributed by atoms with van der Waals surface area (Å²) < 4.78 is 44.6. The second kappa shape index (κ2) is 28.0. The molecule has 20 nitrogen and oxygen atoms in total. The average molecular weight is 927 g/mol. The number of anilines is 4. The van der Waals surface area contributed by atoms with Crippen LogP contribution in [0.15, 0.2) is 81.6 Å². The van der Waals surface area contributed by atoms with Gasteiger partial charge in [-0.3, -0.25) is 26.3 Å². The zero-order chi connectivity index (χ0) is 45.4. The standard InChI is InChI=1S/C32H42N12O2S2.C3H8O3S.C2H6O3S/c1-7-29(45)35-23-9-11-25(27(21-23)37-39-31-41(3)15-16-42(31)4)33-13-19-47-48-20-14-34-26-12-10-24(36-30(46)8-2)22-28(26)38-40-32-43(5)17-18-44(32)6;1-5-7(3,4)6-2;1-4-6(3)5-2/h9-12,15-18,21-22H,7-8,13-14,19-20H2,1-6H3,(H2,35,36,37,38,45,46);3H2,1-2H3;1-2H3/p+2. The van der Waals surface area contributed by atoms with E-state index in [-0.39, 0.29) is 11.8 Å². The van der Waals surface area contributed by atoms with Crippen LogP contribution in [0.1, 0.15) is 26.7 Å². The second-order valence-electron chi connectivity index (χ2n) is 12.2. The number of hydrogen-bond donors (Lipinski definition) is 4. The third-order valence-electron chi connectivity index (χ3n) is 7.85. The maximum Gasteiger partial charge on any atom is 0.421 e.